The summed E-state index contributed by atoms with van der Waals surface area (Å²) in [5.74, 6) is 0.370. The number of rotatable bonds is 3. The first-order valence-corrected chi connectivity index (χ1v) is 9.80. The van der Waals surface area contributed by atoms with Gasteiger partial charge in [0, 0.05) is 25.2 Å². The van der Waals surface area contributed by atoms with E-state index in [0.717, 1.165) is 30.5 Å². The lowest BCUT2D eigenvalue weighted by Crippen LogP contribution is -2.41. The summed E-state index contributed by atoms with van der Waals surface area (Å²) in [5, 5.41) is 0. The number of sulfonamides is 1. The number of carbonyl (C=O) groups excluding carboxylic acids is 1. The second-order valence-corrected chi connectivity index (χ2v) is 8.41. The van der Waals surface area contributed by atoms with Gasteiger partial charge in [-0.25, -0.2) is 13.1 Å². The first-order chi connectivity index (χ1) is 10.9. The highest BCUT2D eigenvalue weighted by Gasteiger charge is 2.28. The van der Waals surface area contributed by atoms with E-state index in [-0.39, 0.29) is 11.9 Å². The molecule has 1 saturated carbocycles. The Labute approximate surface area is 138 Å². The Kier molecular flexibility index (Phi) is 4.47. The summed E-state index contributed by atoms with van der Waals surface area (Å²) in [6.07, 6.45) is 4.95. The zero-order valence-corrected chi connectivity index (χ0v) is 14.5. The molecule has 0 unspecified atom stereocenters. The highest BCUT2D eigenvalue weighted by atomic mass is 32.2. The maximum absolute atomic E-state index is 12.7. The Balaban J connectivity index is 1.82. The highest BCUT2D eigenvalue weighted by Crippen LogP contribution is 2.31. The van der Waals surface area contributed by atoms with Gasteiger partial charge in [0.2, 0.25) is 15.9 Å². The molecule has 0 radical (unpaired) electrons. The zero-order chi connectivity index (χ0) is 16.6. The number of carbonyl (C=O) groups is 1. The van der Waals surface area contributed by atoms with Crippen molar-refractivity contribution < 1.29 is 13.2 Å². The zero-order valence-electron chi connectivity index (χ0n) is 13.7. The Hall–Kier alpha value is -1.40. The molecular formula is C17H24N2O3S. The van der Waals surface area contributed by atoms with E-state index >= 15 is 0 Å². The van der Waals surface area contributed by atoms with Crippen molar-refractivity contribution >= 4 is 21.6 Å². The molecule has 2 atom stereocenters. The van der Waals surface area contributed by atoms with Crippen LogP contribution >= 0.6 is 0 Å². The lowest BCUT2D eigenvalue weighted by molar-refractivity contribution is -0.116. The van der Waals surface area contributed by atoms with E-state index in [1.807, 2.05) is 0 Å². The van der Waals surface area contributed by atoms with Crippen LogP contribution in [0.1, 0.15) is 45.1 Å². The van der Waals surface area contributed by atoms with Crippen molar-refractivity contribution in [1.82, 2.24) is 4.72 Å². The molecule has 1 aromatic rings. The van der Waals surface area contributed by atoms with Crippen LogP contribution in [0.15, 0.2) is 23.1 Å². The Morgan fingerprint density at radius 1 is 1.26 bits per heavy atom. The van der Waals surface area contributed by atoms with Crippen molar-refractivity contribution in [3.63, 3.8) is 0 Å². The minimum Gasteiger partial charge on any atom is -0.312 e. The lowest BCUT2D eigenvalue weighted by atomic mass is 9.87. The smallest absolute Gasteiger partial charge is 0.240 e. The Bertz CT molecular complexity index is 715. The fraction of sp³-hybridized carbons (Fsp3) is 0.588. The van der Waals surface area contributed by atoms with Crippen LogP contribution in [0.25, 0.3) is 0 Å². The molecule has 23 heavy (non-hydrogen) atoms. The van der Waals surface area contributed by atoms with Crippen LogP contribution in [0, 0.1) is 5.92 Å². The van der Waals surface area contributed by atoms with Crippen molar-refractivity contribution in [2.24, 2.45) is 5.92 Å². The topological polar surface area (TPSA) is 66.5 Å². The lowest BCUT2D eigenvalue weighted by Gasteiger charge is -2.29. The van der Waals surface area contributed by atoms with Crippen molar-refractivity contribution in [3.05, 3.63) is 23.8 Å². The van der Waals surface area contributed by atoms with E-state index < -0.39 is 10.0 Å². The second-order valence-electron chi connectivity index (χ2n) is 6.70. The van der Waals surface area contributed by atoms with E-state index in [2.05, 4.69) is 11.6 Å². The van der Waals surface area contributed by atoms with Crippen molar-refractivity contribution in [3.8, 4) is 0 Å². The van der Waals surface area contributed by atoms with Crippen LogP contribution in [0.2, 0.25) is 0 Å². The molecule has 1 N–H and O–H groups in total. The van der Waals surface area contributed by atoms with Crippen LogP contribution in [0.3, 0.4) is 0 Å². The van der Waals surface area contributed by atoms with Gasteiger partial charge in [-0.05, 0) is 48.9 Å². The SMILES string of the molecule is CC(=O)N1CCc2cc(S(=O)(=O)N[C@@H]3CCCC[C@H]3C)ccc21. The van der Waals surface area contributed by atoms with Crippen LogP contribution in [0.5, 0.6) is 0 Å². The van der Waals surface area contributed by atoms with E-state index in [9.17, 15) is 13.2 Å². The fourth-order valence-electron chi connectivity index (χ4n) is 3.63. The average Bonchev–Trinajstić information content (AvgIpc) is 2.92. The predicted octanol–water partition coefficient (Wildman–Crippen LogP) is 2.45. The van der Waals surface area contributed by atoms with Gasteiger partial charge in [-0.1, -0.05) is 19.8 Å². The van der Waals surface area contributed by atoms with Crippen LogP contribution in [-0.2, 0) is 21.2 Å². The van der Waals surface area contributed by atoms with Gasteiger partial charge in [0.1, 0.15) is 0 Å². The molecule has 5 nitrogen and oxygen atoms in total. The molecule has 0 aromatic heterocycles. The summed E-state index contributed by atoms with van der Waals surface area (Å²) >= 11 is 0. The summed E-state index contributed by atoms with van der Waals surface area (Å²) in [6, 6.07) is 5.10. The van der Waals surface area contributed by atoms with Gasteiger partial charge < -0.3 is 4.90 Å². The maximum atomic E-state index is 12.7. The summed E-state index contributed by atoms with van der Waals surface area (Å²) in [5.41, 5.74) is 1.77. The van der Waals surface area contributed by atoms with Gasteiger partial charge in [0.25, 0.3) is 0 Å². The number of hydrogen-bond acceptors (Lipinski definition) is 3. The molecule has 0 spiro atoms. The monoisotopic (exact) mass is 336 g/mol. The Morgan fingerprint density at radius 3 is 2.70 bits per heavy atom. The molecule has 1 aliphatic heterocycles. The normalized spacial score (nSPS) is 24.5. The molecule has 1 heterocycles. The minimum atomic E-state index is -3.51. The summed E-state index contributed by atoms with van der Waals surface area (Å²) < 4.78 is 28.2. The van der Waals surface area contributed by atoms with Crippen molar-refractivity contribution in [1.29, 1.82) is 0 Å². The van der Waals surface area contributed by atoms with E-state index in [0.29, 0.717) is 23.8 Å². The molecular weight excluding hydrogens is 312 g/mol. The van der Waals surface area contributed by atoms with Gasteiger partial charge >= 0.3 is 0 Å². The summed E-state index contributed by atoms with van der Waals surface area (Å²) in [6.45, 7) is 4.27. The number of nitrogens with zero attached hydrogens (tertiary/aromatic N) is 1. The summed E-state index contributed by atoms with van der Waals surface area (Å²) in [4.78, 5) is 13.6. The van der Waals surface area contributed by atoms with E-state index in [4.69, 9.17) is 0 Å². The number of fused-ring (bicyclic) bond motifs is 1. The predicted molar refractivity (Wildman–Crippen MR) is 89.9 cm³/mol. The molecule has 0 saturated heterocycles. The van der Waals surface area contributed by atoms with Gasteiger partial charge in [-0.2, -0.15) is 0 Å². The molecule has 1 amide bonds. The maximum Gasteiger partial charge on any atom is 0.240 e. The van der Waals surface area contributed by atoms with Gasteiger partial charge in [-0.15, -0.1) is 0 Å². The standard InChI is InChI=1S/C17H24N2O3S/c1-12-5-3-4-6-16(12)18-23(21,22)15-7-8-17-14(11-15)9-10-19(17)13(2)20/h7-8,11-12,16,18H,3-6,9-10H2,1-2H3/t12-,16-/m1/s1. The van der Waals surface area contributed by atoms with Crippen molar-refractivity contribution in [2.45, 2.75) is 56.9 Å². The molecule has 1 fully saturated rings. The first kappa shape index (κ1) is 16.5. The largest absolute Gasteiger partial charge is 0.312 e. The van der Waals surface area contributed by atoms with Crippen LogP contribution in [0.4, 0.5) is 5.69 Å². The molecule has 1 aliphatic carbocycles. The van der Waals surface area contributed by atoms with Gasteiger partial charge in [-0.3, -0.25) is 4.79 Å². The number of benzene rings is 1. The molecule has 0 bridgehead atoms. The van der Waals surface area contributed by atoms with E-state index in [1.165, 1.54) is 13.3 Å². The van der Waals surface area contributed by atoms with E-state index in [1.54, 1.807) is 23.1 Å². The third-order valence-electron chi connectivity index (χ3n) is 5.05. The minimum absolute atomic E-state index is 0.00601. The second kappa shape index (κ2) is 6.24. The average molecular weight is 336 g/mol. The summed E-state index contributed by atoms with van der Waals surface area (Å²) in [7, 11) is -3.51. The molecule has 2 aliphatic rings. The first-order valence-electron chi connectivity index (χ1n) is 8.32. The van der Waals surface area contributed by atoms with Crippen LogP contribution < -0.4 is 9.62 Å². The number of amides is 1. The third-order valence-corrected chi connectivity index (χ3v) is 6.54. The highest BCUT2D eigenvalue weighted by molar-refractivity contribution is 7.89. The fourth-order valence-corrected chi connectivity index (χ4v) is 5.06. The van der Waals surface area contributed by atoms with Crippen molar-refractivity contribution in [2.75, 3.05) is 11.4 Å². The number of nitrogens with one attached hydrogen (secondary N) is 1. The quantitative estimate of drug-likeness (QED) is 0.922. The van der Waals surface area contributed by atoms with Crippen LogP contribution in [-0.4, -0.2) is 26.9 Å². The number of anilines is 1. The van der Waals surface area contributed by atoms with Gasteiger partial charge in [0.15, 0.2) is 0 Å². The molecule has 1 aromatic carbocycles. The molecule has 126 valence electrons. The molecule has 3 rings (SSSR count). The molecule has 6 heteroatoms. The Morgan fingerprint density at radius 2 is 2.00 bits per heavy atom. The third kappa shape index (κ3) is 3.28. The van der Waals surface area contributed by atoms with Gasteiger partial charge in [0.05, 0.1) is 4.90 Å². The number of hydrogen-bond donors (Lipinski definition) is 1.